The summed E-state index contributed by atoms with van der Waals surface area (Å²) >= 11 is 0. The minimum absolute atomic E-state index is 0.139. The van der Waals surface area contributed by atoms with E-state index in [1.54, 1.807) is 7.05 Å². The molecule has 0 atom stereocenters. The monoisotopic (exact) mass is 435 g/mol. The molecule has 0 saturated heterocycles. The summed E-state index contributed by atoms with van der Waals surface area (Å²) in [6, 6.07) is 11.9. The maximum atomic E-state index is 13.7. The van der Waals surface area contributed by atoms with E-state index < -0.39 is 15.7 Å². The molecule has 0 spiro atoms. The van der Waals surface area contributed by atoms with Crippen LogP contribution in [0.4, 0.5) is 4.39 Å². The summed E-state index contributed by atoms with van der Waals surface area (Å²) in [7, 11) is -1.59. The molecule has 0 aliphatic heterocycles. The van der Waals surface area contributed by atoms with Gasteiger partial charge in [-0.05, 0) is 46.9 Å². The zero-order valence-electron chi connectivity index (χ0n) is 17.9. The van der Waals surface area contributed by atoms with Crippen LogP contribution in [0.2, 0.25) is 0 Å². The number of hydrogen-bond donors (Lipinski definition) is 2. The fraction of sp³-hybridized carbons (Fsp3) is 0.409. The molecule has 0 aliphatic carbocycles. The van der Waals surface area contributed by atoms with Gasteiger partial charge in [0.05, 0.1) is 12.4 Å². The standard InChI is InChI=1S/C22H30FN3O3S/c1-16(2)14-29-21-7-5-6-17(10-21)12-25-22(24-3)26-13-19-11-20(23)9-8-18(19)15-30(4,27)28/h5-11,16H,12-15H2,1-4H3,(H2,24,25,26). The van der Waals surface area contributed by atoms with Gasteiger partial charge in [0.1, 0.15) is 11.6 Å². The molecule has 2 rings (SSSR count). The number of nitrogens with zero attached hydrogens (tertiary/aromatic N) is 1. The second-order valence-electron chi connectivity index (χ2n) is 7.61. The molecule has 0 bridgehead atoms. The molecule has 0 aliphatic rings. The quantitative estimate of drug-likeness (QED) is 0.467. The van der Waals surface area contributed by atoms with Crippen molar-refractivity contribution in [2.75, 3.05) is 19.9 Å². The molecule has 0 fully saturated rings. The maximum Gasteiger partial charge on any atom is 0.191 e. The van der Waals surface area contributed by atoms with Crippen LogP contribution in [0.1, 0.15) is 30.5 Å². The van der Waals surface area contributed by atoms with Gasteiger partial charge in [-0.25, -0.2) is 12.8 Å². The molecule has 0 radical (unpaired) electrons. The first-order valence-corrected chi connectivity index (χ1v) is 11.8. The second kappa shape index (κ2) is 11.0. The van der Waals surface area contributed by atoms with E-state index in [9.17, 15) is 12.8 Å². The average Bonchev–Trinajstić information content (AvgIpc) is 2.67. The number of sulfone groups is 1. The van der Waals surface area contributed by atoms with Crippen molar-refractivity contribution in [1.29, 1.82) is 0 Å². The molecule has 0 unspecified atom stereocenters. The summed E-state index contributed by atoms with van der Waals surface area (Å²) in [6.07, 6.45) is 1.16. The van der Waals surface area contributed by atoms with Gasteiger partial charge in [0.15, 0.2) is 15.8 Å². The first kappa shape index (κ1) is 23.7. The summed E-state index contributed by atoms with van der Waals surface area (Å²) < 4.78 is 42.7. The van der Waals surface area contributed by atoms with Crippen molar-refractivity contribution in [2.45, 2.75) is 32.7 Å². The molecule has 2 aromatic rings. The Balaban J connectivity index is 1.98. The highest BCUT2D eigenvalue weighted by molar-refractivity contribution is 7.89. The van der Waals surface area contributed by atoms with Crippen LogP contribution in [-0.4, -0.2) is 34.3 Å². The lowest BCUT2D eigenvalue weighted by atomic mass is 10.1. The molecule has 164 valence electrons. The molecule has 30 heavy (non-hydrogen) atoms. The summed E-state index contributed by atoms with van der Waals surface area (Å²) in [6.45, 7) is 5.63. The first-order chi connectivity index (χ1) is 14.2. The van der Waals surface area contributed by atoms with E-state index in [1.165, 1.54) is 18.2 Å². The first-order valence-electron chi connectivity index (χ1n) is 9.77. The van der Waals surface area contributed by atoms with E-state index >= 15 is 0 Å². The highest BCUT2D eigenvalue weighted by Crippen LogP contribution is 2.15. The van der Waals surface area contributed by atoms with Gasteiger partial charge in [0, 0.05) is 26.4 Å². The van der Waals surface area contributed by atoms with Gasteiger partial charge in [-0.2, -0.15) is 0 Å². The van der Waals surface area contributed by atoms with Crippen LogP contribution in [0.5, 0.6) is 5.75 Å². The van der Waals surface area contributed by atoms with Gasteiger partial charge in [-0.3, -0.25) is 4.99 Å². The van der Waals surface area contributed by atoms with Gasteiger partial charge in [-0.15, -0.1) is 0 Å². The smallest absolute Gasteiger partial charge is 0.191 e. The van der Waals surface area contributed by atoms with Gasteiger partial charge in [0.25, 0.3) is 0 Å². The van der Waals surface area contributed by atoms with Crippen LogP contribution < -0.4 is 15.4 Å². The largest absolute Gasteiger partial charge is 0.493 e. The normalized spacial score (nSPS) is 12.1. The molecular formula is C22H30FN3O3S. The van der Waals surface area contributed by atoms with Crippen LogP contribution in [0.15, 0.2) is 47.5 Å². The highest BCUT2D eigenvalue weighted by Gasteiger charge is 2.11. The number of aliphatic imine (C=N–C) groups is 1. The molecule has 8 heteroatoms. The third-order valence-electron chi connectivity index (χ3n) is 4.20. The van der Waals surface area contributed by atoms with Gasteiger partial charge in [0.2, 0.25) is 0 Å². The SMILES string of the molecule is CN=C(NCc1cccc(OCC(C)C)c1)NCc1cc(F)ccc1CS(C)(=O)=O. The predicted molar refractivity (Wildman–Crippen MR) is 119 cm³/mol. The van der Waals surface area contributed by atoms with Crippen molar-refractivity contribution >= 4 is 15.8 Å². The van der Waals surface area contributed by atoms with E-state index in [1.807, 2.05) is 24.3 Å². The van der Waals surface area contributed by atoms with Gasteiger partial charge < -0.3 is 15.4 Å². The summed E-state index contributed by atoms with van der Waals surface area (Å²) in [5, 5.41) is 6.31. The lowest BCUT2D eigenvalue weighted by Gasteiger charge is -2.15. The Morgan fingerprint density at radius 3 is 2.50 bits per heavy atom. The fourth-order valence-electron chi connectivity index (χ4n) is 2.78. The molecule has 2 N–H and O–H groups in total. The molecule has 0 heterocycles. The van der Waals surface area contributed by atoms with E-state index in [0.29, 0.717) is 36.2 Å². The Labute approximate surface area is 178 Å². The highest BCUT2D eigenvalue weighted by atomic mass is 32.2. The zero-order chi connectivity index (χ0) is 22.1. The van der Waals surface area contributed by atoms with Crippen molar-refractivity contribution < 1.29 is 17.5 Å². The predicted octanol–water partition coefficient (Wildman–Crippen LogP) is 3.27. The number of benzene rings is 2. The summed E-state index contributed by atoms with van der Waals surface area (Å²) in [4.78, 5) is 4.18. The Kier molecular flexibility index (Phi) is 8.65. The van der Waals surface area contributed by atoms with Crippen molar-refractivity contribution in [3.05, 3.63) is 65.0 Å². The van der Waals surface area contributed by atoms with E-state index in [2.05, 4.69) is 29.5 Å². The Bertz CT molecular complexity index is 975. The minimum atomic E-state index is -3.23. The fourth-order valence-corrected chi connectivity index (χ4v) is 3.62. The van der Waals surface area contributed by atoms with Crippen molar-refractivity contribution in [3.8, 4) is 5.75 Å². The van der Waals surface area contributed by atoms with E-state index in [4.69, 9.17) is 4.74 Å². The number of ether oxygens (including phenoxy) is 1. The van der Waals surface area contributed by atoms with E-state index in [0.717, 1.165) is 17.6 Å². The van der Waals surface area contributed by atoms with Crippen LogP contribution in [-0.2, 0) is 28.7 Å². The molecule has 0 amide bonds. The van der Waals surface area contributed by atoms with Crippen LogP contribution in [0, 0.1) is 11.7 Å². The third-order valence-corrected chi connectivity index (χ3v) is 5.03. The Morgan fingerprint density at radius 2 is 1.83 bits per heavy atom. The van der Waals surface area contributed by atoms with Gasteiger partial charge in [-0.1, -0.05) is 32.0 Å². The number of rotatable bonds is 9. The lowest BCUT2D eigenvalue weighted by Crippen LogP contribution is -2.36. The molecule has 0 saturated carbocycles. The third kappa shape index (κ3) is 8.41. The number of halogens is 1. The summed E-state index contributed by atoms with van der Waals surface area (Å²) in [5.74, 6) is 1.24. The van der Waals surface area contributed by atoms with E-state index in [-0.39, 0.29) is 12.3 Å². The maximum absolute atomic E-state index is 13.7. The van der Waals surface area contributed by atoms with Gasteiger partial charge >= 0.3 is 0 Å². The lowest BCUT2D eigenvalue weighted by molar-refractivity contribution is 0.271. The number of guanidine groups is 1. The molecule has 6 nitrogen and oxygen atoms in total. The Hall–Kier alpha value is -2.61. The topological polar surface area (TPSA) is 79.8 Å². The average molecular weight is 436 g/mol. The molecular weight excluding hydrogens is 405 g/mol. The van der Waals surface area contributed by atoms with Crippen LogP contribution in [0.3, 0.4) is 0 Å². The molecule has 2 aromatic carbocycles. The minimum Gasteiger partial charge on any atom is -0.493 e. The zero-order valence-corrected chi connectivity index (χ0v) is 18.7. The second-order valence-corrected chi connectivity index (χ2v) is 9.75. The Morgan fingerprint density at radius 1 is 1.10 bits per heavy atom. The van der Waals surface area contributed by atoms with Crippen molar-refractivity contribution in [1.82, 2.24) is 10.6 Å². The number of hydrogen-bond acceptors (Lipinski definition) is 4. The van der Waals surface area contributed by atoms with Crippen LogP contribution in [0.25, 0.3) is 0 Å². The summed E-state index contributed by atoms with van der Waals surface area (Å²) in [5.41, 5.74) is 2.17. The van der Waals surface area contributed by atoms with Crippen molar-refractivity contribution in [3.63, 3.8) is 0 Å². The molecule has 0 aromatic heterocycles. The van der Waals surface area contributed by atoms with Crippen molar-refractivity contribution in [2.24, 2.45) is 10.9 Å². The number of nitrogens with one attached hydrogen (secondary N) is 2. The van der Waals surface area contributed by atoms with Crippen LogP contribution >= 0.6 is 0 Å².